The van der Waals surface area contributed by atoms with E-state index in [1.165, 1.54) is 7.11 Å². The Morgan fingerprint density at radius 2 is 1.81 bits per heavy atom. The number of amides is 1. The molecule has 9 nitrogen and oxygen atoms in total. The molecule has 9 heteroatoms. The van der Waals surface area contributed by atoms with E-state index in [4.69, 9.17) is 23.5 Å². The number of methoxy groups -OCH3 is 4. The van der Waals surface area contributed by atoms with Crippen LogP contribution in [-0.2, 0) is 16.0 Å². The topological polar surface area (TPSA) is 105 Å². The third-order valence-electron chi connectivity index (χ3n) is 3.81. The van der Waals surface area contributed by atoms with Crippen LogP contribution in [0.5, 0.6) is 17.2 Å². The van der Waals surface area contributed by atoms with Gasteiger partial charge in [-0.2, -0.15) is 4.98 Å². The van der Waals surface area contributed by atoms with Gasteiger partial charge in [-0.25, -0.2) is 0 Å². The molecule has 0 aliphatic carbocycles. The molecule has 0 bridgehead atoms. The van der Waals surface area contributed by atoms with E-state index >= 15 is 0 Å². The van der Waals surface area contributed by atoms with Crippen molar-refractivity contribution in [2.24, 2.45) is 0 Å². The molecule has 0 fully saturated rings. The quantitative estimate of drug-likeness (QED) is 0.590. The van der Waals surface area contributed by atoms with Crippen molar-refractivity contribution in [1.82, 2.24) is 15.5 Å². The van der Waals surface area contributed by atoms with E-state index in [9.17, 15) is 4.79 Å². The molecule has 0 atom stereocenters. The summed E-state index contributed by atoms with van der Waals surface area (Å²) in [5.41, 5.74) is 0.678. The van der Waals surface area contributed by atoms with Gasteiger partial charge in [0.1, 0.15) is 0 Å². The van der Waals surface area contributed by atoms with E-state index in [-0.39, 0.29) is 5.91 Å². The van der Waals surface area contributed by atoms with Gasteiger partial charge in [0.2, 0.25) is 23.4 Å². The van der Waals surface area contributed by atoms with Crippen LogP contribution in [0.15, 0.2) is 16.7 Å². The number of rotatable bonds is 11. The van der Waals surface area contributed by atoms with Crippen molar-refractivity contribution < 1.29 is 28.3 Å². The van der Waals surface area contributed by atoms with Gasteiger partial charge in [0, 0.05) is 32.1 Å². The molecule has 148 valence electrons. The second-order valence-corrected chi connectivity index (χ2v) is 5.62. The van der Waals surface area contributed by atoms with E-state index in [1.807, 2.05) is 0 Å². The highest BCUT2D eigenvalue weighted by atomic mass is 16.5. The summed E-state index contributed by atoms with van der Waals surface area (Å²) in [5.74, 6) is 2.34. The molecule has 0 aliphatic rings. The predicted molar refractivity (Wildman–Crippen MR) is 97.2 cm³/mol. The first-order valence-corrected chi connectivity index (χ1v) is 8.51. The molecule has 0 saturated heterocycles. The minimum atomic E-state index is -0.0311. The van der Waals surface area contributed by atoms with Crippen molar-refractivity contribution in [3.05, 3.63) is 18.0 Å². The highest BCUT2D eigenvalue weighted by molar-refractivity contribution is 5.75. The summed E-state index contributed by atoms with van der Waals surface area (Å²) in [6.07, 6.45) is 1.50. The first-order chi connectivity index (χ1) is 13.1. The molecule has 0 radical (unpaired) electrons. The summed E-state index contributed by atoms with van der Waals surface area (Å²) in [5, 5.41) is 6.76. The van der Waals surface area contributed by atoms with E-state index in [0.29, 0.717) is 66.9 Å². The van der Waals surface area contributed by atoms with Crippen molar-refractivity contribution >= 4 is 5.91 Å². The van der Waals surface area contributed by atoms with Gasteiger partial charge in [0.25, 0.3) is 0 Å². The van der Waals surface area contributed by atoms with Gasteiger partial charge in [-0.05, 0) is 18.6 Å². The second kappa shape index (κ2) is 10.4. The Morgan fingerprint density at radius 3 is 2.41 bits per heavy atom. The van der Waals surface area contributed by atoms with Gasteiger partial charge in [0.05, 0.1) is 27.9 Å². The van der Waals surface area contributed by atoms with Crippen LogP contribution < -0.4 is 19.5 Å². The van der Waals surface area contributed by atoms with Crippen LogP contribution in [0.4, 0.5) is 0 Å². The molecule has 1 amide bonds. The van der Waals surface area contributed by atoms with E-state index in [0.717, 1.165) is 0 Å². The highest BCUT2D eigenvalue weighted by Crippen LogP contribution is 2.40. The van der Waals surface area contributed by atoms with Crippen LogP contribution in [0.25, 0.3) is 11.4 Å². The van der Waals surface area contributed by atoms with Gasteiger partial charge in [-0.15, -0.1) is 0 Å². The Hall–Kier alpha value is -2.81. The molecule has 27 heavy (non-hydrogen) atoms. The lowest BCUT2D eigenvalue weighted by atomic mass is 10.1. The SMILES string of the molecule is COCCNC(=O)CCCc1nc(-c2cc(OC)c(OC)c(OC)c2)no1. The Labute approximate surface area is 157 Å². The van der Waals surface area contributed by atoms with Crippen LogP contribution >= 0.6 is 0 Å². The number of nitrogens with zero attached hydrogens (tertiary/aromatic N) is 2. The number of hydrogen-bond donors (Lipinski definition) is 1. The van der Waals surface area contributed by atoms with Gasteiger partial charge in [-0.3, -0.25) is 4.79 Å². The molecule has 2 aromatic rings. The molecule has 1 heterocycles. The molecule has 0 saturated carbocycles. The fraction of sp³-hybridized carbons (Fsp3) is 0.500. The second-order valence-electron chi connectivity index (χ2n) is 5.62. The summed E-state index contributed by atoms with van der Waals surface area (Å²) in [4.78, 5) is 16.0. The lowest BCUT2D eigenvalue weighted by Crippen LogP contribution is -2.26. The molecular weight excluding hydrogens is 354 g/mol. The van der Waals surface area contributed by atoms with Gasteiger partial charge < -0.3 is 28.8 Å². The third-order valence-corrected chi connectivity index (χ3v) is 3.81. The van der Waals surface area contributed by atoms with Crippen molar-refractivity contribution in [2.45, 2.75) is 19.3 Å². The monoisotopic (exact) mass is 379 g/mol. The van der Waals surface area contributed by atoms with E-state index in [1.54, 1.807) is 33.5 Å². The smallest absolute Gasteiger partial charge is 0.226 e. The Morgan fingerprint density at radius 1 is 1.11 bits per heavy atom. The fourth-order valence-electron chi connectivity index (χ4n) is 2.46. The summed E-state index contributed by atoms with van der Waals surface area (Å²) in [6, 6.07) is 3.50. The Kier molecular flexibility index (Phi) is 7.87. The molecular formula is C18H25N3O6. The molecule has 2 rings (SSSR count). The van der Waals surface area contributed by atoms with Crippen LogP contribution in [-0.4, -0.2) is 57.6 Å². The van der Waals surface area contributed by atoms with Crippen molar-refractivity contribution in [3.8, 4) is 28.6 Å². The summed E-state index contributed by atoms with van der Waals surface area (Å²) < 4.78 is 26.1. The van der Waals surface area contributed by atoms with Crippen LogP contribution in [0, 0.1) is 0 Å². The number of nitrogens with one attached hydrogen (secondary N) is 1. The predicted octanol–water partition coefficient (Wildman–Crippen LogP) is 1.85. The number of aromatic nitrogens is 2. The summed E-state index contributed by atoms with van der Waals surface area (Å²) >= 11 is 0. The fourth-order valence-corrected chi connectivity index (χ4v) is 2.46. The van der Waals surface area contributed by atoms with Crippen molar-refractivity contribution in [2.75, 3.05) is 41.6 Å². The average molecular weight is 379 g/mol. The third kappa shape index (κ3) is 5.58. The standard InChI is InChI=1S/C18H25N3O6/c1-23-9-8-19-15(22)6-5-7-16-20-18(21-27-16)12-10-13(24-2)17(26-4)14(11-12)25-3/h10-11H,5-9H2,1-4H3,(H,19,22). The van der Waals surface area contributed by atoms with E-state index < -0.39 is 0 Å². The van der Waals surface area contributed by atoms with Crippen molar-refractivity contribution in [1.29, 1.82) is 0 Å². The van der Waals surface area contributed by atoms with Crippen LogP contribution in [0.2, 0.25) is 0 Å². The zero-order valence-corrected chi connectivity index (χ0v) is 16.0. The first-order valence-electron chi connectivity index (χ1n) is 8.51. The highest BCUT2D eigenvalue weighted by Gasteiger charge is 2.17. The molecule has 1 N–H and O–H groups in total. The Bertz CT molecular complexity index is 721. The van der Waals surface area contributed by atoms with E-state index in [2.05, 4.69) is 15.5 Å². The minimum absolute atomic E-state index is 0.0311. The molecule has 1 aromatic heterocycles. The minimum Gasteiger partial charge on any atom is -0.493 e. The number of benzene rings is 1. The number of hydrogen-bond acceptors (Lipinski definition) is 8. The summed E-state index contributed by atoms with van der Waals surface area (Å²) in [7, 11) is 6.21. The molecule has 0 spiro atoms. The largest absolute Gasteiger partial charge is 0.493 e. The maximum absolute atomic E-state index is 11.7. The van der Waals surface area contributed by atoms with Gasteiger partial charge >= 0.3 is 0 Å². The van der Waals surface area contributed by atoms with Gasteiger partial charge in [-0.1, -0.05) is 5.16 Å². The normalized spacial score (nSPS) is 10.5. The van der Waals surface area contributed by atoms with Crippen molar-refractivity contribution in [3.63, 3.8) is 0 Å². The lowest BCUT2D eigenvalue weighted by molar-refractivity contribution is -0.121. The molecule has 0 aliphatic heterocycles. The van der Waals surface area contributed by atoms with Gasteiger partial charge in [0.15, 0.2) is 11.5 Å². The average Bonchev–Trinajstić information content (AvgIpc) is 3.15. The number of aryl methyl sites for hydroxylation is 1. The number of carbonyl (C=O) groups excluding carboxylic acids is 1. The maximum Gasteiger partial charge on any atom is 0.226 e. The van der Waals surface area contributed by atoms with Crippen LogP contribution in [0.3, 0.4) is 0 Å². The van der Waals surface area contributed by atoms with Crippen LogP contribution in [0.1, 0.15) is 18.7 Å². The Balaban J connectivity index is 2.00. The first kappa shape index (κ1) is 20.5. The lowest BCUT2D eigenvalue weighted by Gasteiger charge is -2.12. The maximum atomic E-state index is 11.7. The zero-order valence-electron chi connectivity index (χ0n) is 16.0. The molecule has 1 aromatic carbocycles. The molecule has 0 unspecified atom stereocenters. The summed E-state index contributed by atoms with van der Waals surface area (Å²) in [6.45, 7) is 0.995. The number of carbonyl (C=O) groups is 1. The zero-order chi connectivity index (χ0) is 19.6. The number of ether oxygens (including phenoxy) is 4.